The van der Waals surface area contributed by atoms with Gasteiger partial charge in [0.05, 0.1) is 0 Å². The van der Waals surface area contributed by atoms with Crippen molar-refractivity contribution in [3.63, 3.8) is 0 Å². The zero-order chi connectivity index (χ0) is 14.5. The van der Waals surface area contributed by atoms with Crippen LogP contribution >= 0.6 is 0 Å². The molecule has 2 N–H and O–H groups in total. The van der Waals surface area contributed by atoms with Gasteiger partial charge >= 0.3 is 0 Å². The van der Waals surface area contributed by atoms with Gasteiger partial charge in [0.15, 0.2) is 0 Å². The second-order valence-corrected chi connectivity index (χ2v) is 5.54. The third-order valence-corrected chi connectivity index (χ3v) is 3.59. The molecule has 0 radical (unpaired) electrons. The second-order valence-electron chi connectivity index (χ2n) is 5.54. The number of carbonyl (C=O) groups is 2. The van der Waals surface area contributed by atoms with Gasteiger partial charge in [0, 0.05) is 24.6 Å². The Kier molecular flexibility index (Phi) is 4.77. The van der Waals surface area contributed by atoms with E-state index >= 15 is 0 Å². The number of hydrogen-bond donors (Lipinski definition) is 2. The van der Waals surface area contributed by atoms with Gasteiger partial charge in [0.1, 0.15) is 0 Å². The molecule has 0 aromatic heterocycles. The molecular formula is C16H22N2O2. The van der Waals surface area contributed by atoms with Crippen molar-refractivity contribution in [3.05, 3.63) is 34.9 Å². The average Bonchev–Trinajstić information content (AvgIpc) is 2.90. The minimum absolute atomic E-state index is 0.0109. The minimum Gasteiger partial charge on any atom is -0.354 e. The van der Waals surface area contributed by atoms with E-state index in [0.29, 0.717) is 18.7 Å². The van der Waals surface area contributed by atoms with E-state index in [9.17, 15) is 9.59 Å². The van der Waals surface area contributed by atoms with Crippen molar-refractivity contribution in [2.24, 2.45) is 5.92 Å². The van der Waals surface area contributed by atoms with Gasteiger partial charge in [-0.3, -0.25) is 9.59 Å². The number of rotatable bonds is 5. The van der Waals surface area contributed by atoms with Gasteiger partial charge < -0.3 is 10.6 Å². The topological polar surface area (TPSA) is 58.2 Å². The van der Waals surface area contributed by atoms with Gasteiger partial charge in [-0.25, -0.2) is 0 Å². The monoisotopic (exact) mass is 274 g/mol. The third-order valence-electron chi connectivity index (χ3n) is 3.59. The predicted molar refractivity (Wildman–Crippen MR) is 78.6 cm³/mol. The minimum atomic E-state index is -0.0708. The second kappa shape index (κ2) is 6.55. The van der Waals surface area contributed by atoms with E-state index in [1.165, 1.54) is 17.5 Å². The molecule has 108 valence electrons. The lowest BCUT2D eigenvalue weighted by atomic mass is 10.1. The Morgan fingerprint density at radius 1 is 1.10 bits per heavy atom. The van der Waals surface area contributed by atoms with Gasteiger partial charge in [-0.1, -0.05) is 19.9 Å². The lowest BCUT2D eigenvalue weighted by Crippen LogP contribution is -2.36. The molecule has 1 aromatic carbocycles. The molecule has 0 spiro atoms. The van der Waals surface area contributed by atoms with Crippen LogP contribution in [0.1, 0.15) is 41.8 Å². The quantitative estimate of drug-likeness (QED) is 0.803. The van der Waals surface area contributed by atoms with Crippen LogP contribution in [0.4, 0.5) is 0 Å². The van der Waals surface area contributed by atoms with Crippen LogP contribution < -0.4 is 10.6 Å². The Balaban J connectivity index is 1.79. The maximum absolute atomic E-state index is 12.0. The Hall–Kier alpha value is -1.84. The maximum Gasteiger partial charge on any atom is 0.251 e. The number of carbonyl (C=O) groups excluding carboxylic acids is 2. The third kappa shape index (κ3) is 3.59. The number of benzene rings is 1. The summed E-state index contributed by atoms with van der Waals surface area (Å²) in [5, 5.41) is 5.61. The highest BCUT2D eigenvalue weighted by atomic mass is 16.2. The molecule has 0 bridgehead atoms. The van der Waals surface area contributed by atoms with Gasteiger partial charge in [-0.2, -0.15) is 0 Å². The summed E-state index contributed by atoms with van der Waals surface area (Å²) < 4.78 is 0. The summed E-state index contributed by atoms with van der Waals surface area (Å²) in [5.41, 5.74) is 3.37. The Bertz CT molecular complexity index is 509. The van der Waals surface area contributed by atoms with Crippen molar-refractivity contribution in [3.8, 4) is 0 Å². The van der Waals surface area contributed by atoms with Crippen LogP contribution in [0.2, 0.25) is 0 Å². The number of hydrogen-bond acceptors (Lipinski definition) is 2. The van der Waals surface area contributed by atoms with E-state index in [4.69, 9.17) is 0 Å². The smallest absolute Gasteiger partial charge is 0.251 e. The van der Waals surface area contributed by atoms with E-state index in [2.05, 4.69) is 16.7 Å². The van der Waals surface area contributed by atoms with Crippen LogP contribution in [0.3, 0.4) is 0 Å². The maximum atomic E-state index is 12.0. The first-order valence-corrected chi connectivity index (χ1v) is 7.25. The average molecular weight is 274 g/mol. The van der Waals surface area contributed by atoms with E-state index in [0.717, 1.165) is 12.8 Å². The summed E-state index contributed by atoms with van der Waals surface area (Å²) >= 11 is 0. The summed E-state index contributed by atoms with van der Waals surface area (Å²) in [5.74, 6) is -0.0855. The summed E-state index contributed by atoms with van der Waals surface area (Å²) in [6, 6.07) is 5.92. The van der Waals surface area contributed by atoms with Crippen LogP contribution in [-0.4, -0.2) is 24.9 Å². The molecule has 4 nitrogen and oxygen atoms in total. The SMILES string of the molecule is CC(C)C(=O)NCCNC(=O)c1ccc2c(c1)CCC2. The predicted octanol–water partition coefficient (Wildman–Crippen LogP) is 1.68. The summed E-state index contributed by atoms with van der Waals surface area (Å²) in [4.78, 5) is 23.4. The fourth-order valence-corrected chi connectivity index (χ4v) is 2.38. The highest BCUT2D eigenvalue weighted by molar-refractivity contribution is 5.94. The molecule has 0 fully saturated rings. The lowest BCUT2D eigenvalue weighted by Gasteiger charge is -2.09. The molecule has 0 unspecified atom stereocenters. The first-order chi connectivity index (χ1) is 9.58. The molecule has 0 saturated carbocycles. The van der Waals surface area contributed by atoms with Crippen molar-refractivity contribution in [1.29, 1.82) is 0 Å². The molecule has 0 aliphatic heterocycles. The largest absolute Gasteiger partial charge is 0.354 e. The van der Waals surface area contributed by atoms with Crippen LogP contribution in [-0.2, 0) is 17.6 Å². The number of aryl methyl sites for hydroxylation is 2. The molecule has 1 aromatic rings. The van der Waals surface area contributed by atoms with Gasteiger partial charge in [-0.05, 0) is 42.5 Å². The number of amides is 2. The molecule has 20 heavy (non-hydrogen) atoms. The highest BCUT2D eigenvalue weighted by Crippen LogP contribution is 2.22. The van der Waals surface area contributed by atoms with Crippen molar-refractivity contribution in [1.82, 2.24) is 10.6 Å². The zero-order valence-corrected chi connectivity index (χ0v) is 12.2. The fraction of sp³-hybridized carbons (Fsp3) is 0.500. The molecule has 2 amide bonds. The van der Waals surface area contributed by atoms with Crippen LogP contribution in [0, 0.1) is 5.92 Å². The molecule has 1 aliphatic rings. The van der Waals surface area contributed by atoms with Crippen molar-refractivity contribution in [2.75, 3.05) is 13.1 Å². The number of nitrogens with one attached hydrogen (secondary N) is 2. The summed E-state index contributed by atoms with van der Waals surface area (Å²) in [6.07, 6.45) is 3.38. The first-order valence-electron chi connectivity index (χ1n) is 7.25. The van der Waals surface area contributed by atoms with Crippen molar-refractivity contribution >= 4 is 11.8 Å². The van der Waals surface area contributed by atoms with Gasteiger partial charge in [0.2, 0.25) is 5.91 Å². The zero-order valence-electron chi connectivity index (χ0n) is 12.2. The van der Waals surface area contributed by atoms with E-state index in [1.54, 1.807) is 0 Å². The summed E-state index contributed by atoms with van der Waals surface area (Å²) in [7, 11) is 0. The molecule has 0 atom stereocenters. The van der Waals surface area contributed by atoms with Crippen LogP contribution in [0.15, 0.2) is 18.2 Å². The highest BCUT2D eigenvalue weighted by Gasteiger charge is 2.13. The fourth-order valence-electron chi connectivity index (χ4n) is 2.38. The van der Waals surface area contributed by atoms with Crippen molar-refractivity contribution in [2.45, 2.75) is 33.1 Å². The molecule has 0 heterocycles. The first kappa shape index (κ1) is 14.6. The lowest BCUT2D eigenvalue weighted by molar-refractivity contribution is -0.123. The molecular weight excluding hydrogens is 252 g/mol. The Morgan fingerprint density at radius 3 is 2.55 bits per heavy atom. The van der Waals surface area contributed by atoms with Crippen LogP contribution in [0.25, 0.3) is 0 Å². The van der Waals surface area contributed by atoms with E-state index in [-0.39, 0.29) is 17.7 Å². The normalized spacial score (nSPS) is 13.2. The standard InChI is InChI=1S/C16H22N2O2/c1-11(2)15(19)17-8-9-18-16(20)14-7-6-12-4-3-5-13(12)10-14/h6-7,10-11H,3-5,8-9H2,1-2H3,(H,17,19)(H,18,20). The Labute approximate surface area is 119 Å². The molecule has 0 saturated heterocycles. The number of fused-ring (bicyclic) bond motifs is 1. The molecule has 4 heteroatoms. The summed E-state index contributed by atoms with van der Waals surface area (Å²) in [6.45, 7) is 4.61. The Morgan fingerprint density at radius 2 is 1.80 bits per heavy atom. The van der Waals surface area contributed by atoms with Crippen LogP contribution in [0.5, 0.6) is 0 Å². The van der Waals surface area contributed by atoms with E-state index in [1.807, 2.05) is 26.0 Å². The molecule has 1 aliphatic carbocycles. The van der Waals surface area contributed by atoms with Gasteiger partial charge in [-0.15, -0.1) is 0 Å². The van der Waals surface area contributed by atoms with Crippen molar-refractivity contribution < 1.29 is 9.59 Å². The van der Waals surface area contributed by atoms with Gasteiger partial charge in [0.25, 0.3) is 5.91 Å². The molecule has 2 rings (SSSR count). The van der Waals surface area contributed by atoms with E-state index < -0.39 is 0 Å².